The molecule has 0 amide bonds. The normalized spacial score (nSPS) is 13.3. The molecule has 0 aliphatic rings. The maximum atomic E-state index is 5.44. The van der Waals surface area contributed by atoms with E-state index in [0.29, 0.717) is 12.0 Å². The third kappa shape index (κ3) is 5.96. The summed E-state index contributed by atoms with van der Waals surface area (Å²) in [6.45, 7) is 6.25. The van der Waals surface area contributed by atoms with Crippen molar-refractivity contribution in [3.05, 3.63) is 0 Å². The predicted octanol–water partition coefficient (Wildman–Crippen LogP) is 1.63. The van der Waals surface area contributed by atoms with Crippen molar-refractivity contribution in [2.45, 2.75) is 34.2 Å². The first-order valence-electron chi connectivity index (χ1n) is 2.40. The highest BCUT2D eigenvalue weighted by Crippen LogP contribution is 1.93. The monoisotopic (exact) mass is 103 g/mol. The Hall–Kier alpha value is -0.0400. The molecule has 0 saturated carbocycles. The van der Waals surface area contributed by atoms with Crippen LogP contribution in [0.15, 0.2) is 0 Å². The van der Waals surface area contributed by atoms with Crippen LogP contribution in [0.3, 0.4) is 0 Å². The summed E-state index contributed by atoms with van der Waals surface area (Å²) in [6.07, 6.45) is 0. The van der Waals surface area contributed by atoms with Crippen LogP contribution in [0, 0.1) is 5.92 Å². The average Bonchev–Trinajstić information content (AvgIpc) is 1.36. The average molecular weight is 103 g/mol. The van der Waals surface area contributed by atoms with Gasteiger partial charge in [-0.2, -0.15) is 0 Å². The minimum absolute atomic E-state index is 0. The van der Waals surface area contributed by atoms with Gasteiger partial charge in [-0.1, -0.05) is 21.3 Å². The van der Waals surface area contributed by atoms with Gasteiger partial charge in [-0.05, 0) is 12.8 Å². The van der Waals surface area contributed by atoms with Gasteiger partial charge in [-0.15, -0.1) is 0 Å². The van der Waals surface area contributed by atoms with Gasteiger partial charge >= 0.3 is 0 Å². The van der Waals surface area contributed by atoms with Crippen molar-refractivity contribution < 1.29 is 0 Å². The molecule has 0 fully saturated rings. The van der Waals surface area contributed by atoms with Crippen LogP contribution in [0.5, 0.6) is 0 Å². The van der Waals surface area contributed by atoms with Gasteiger partial charge in [-0.3, -0.25) is 0 Å². The Labute approximate surface area is 46.9 Å². The number of rotatable bonds is 1. The molecule has 0 bridgehead atoms. The molecule has 0 aromatic carbocycles. The fourth-order valence-electron chi connectivity index (χ4n) is 0. The molecular weight excluding hydrogens is 86.1 g/mol. The number of nitrogens with two attached hydrogens (primary N) is 1. The van der Waals surface area contributed by atoms with Crippen LogP contribution in [0.1, 0.15) is 28.2 Å². The van der Waals surface area contributed by atoms with E-state index >= 15 is 0 Å². The fourth-order valence-corrected chi connectivity index (χ4v) is 0. The lowest BCUT2D eigenvalue weighted by Gasteiger charge is -2.05. The van der Waals surface area contributed by atoms with E-state index in [2.05, 4.69) is 13.8 Å². The summed E-state index contributed by atoms with van der Waals surface area (Å²) in [7, 11) is 0. The molecule has 0 rings (SSSR count). The van der Waals surface area contributed by atoms with E-state index < -0.39 is 0 Å². The fraction of sp³-hybridized carbons (Fsp3) is 1.00. The van der Waals surface area contributed by atoms with E-state index in [1.165, 1.54) is 0 Å². The molecule has 0 spiro atoms. The van der Waals surface area contributed by atoms with E-state index in [0.717, 1.165) is 0 Å². The van der Waals surface area contributed by atoms with Crippen LogP contribution in [-0.4, -0.2) is 6.04 Å². The van der Waals surface area contributed by atoms with Gasteiger partial charge in [-0.25, -0.2) is 0 Å². The maximum absolute atomic E-state index is 5.44. The molecule has 1 heteroatoms. The first-order chi connectivity index (χ1) is 2.64. The quantitative estimate of drug-likeness (QED) is 0.536. The Morgan fingerprint density at radius 1 is 1.14 bits per heavy atom. The summed E-state index contributed by atoms with van der Waals surface area (Å²) in [5.41, 5.74) is 5.44. The third-order valence-corrected chi connectivity index (χ3v) is 1.05. The van der Waals surface area contributed by atoms with Gasteiger partial charge in [0.15, 0.2) is 0 Å². The van der Waals surface area contributed by atoms with Crippen LogP contribution in [0.2, 0.25) is 0 Å². The summed E-state index contributed by atoms with van der Waals surface area (Å²) in [5.74, 6) is 0.630. The highest BCUT2D eigenvalue weighted by atomic mass is 14.6. The molecule has 0 radical (unpaired) electrons. The zero-order valence-corrected chi connectivity index (χ0v) is 4.73. The highest BCUT2D eigenvalue weighted by Gasteiger charge is 1.95. The minimum Gasteiger partial charge on any atom is -0.328 e. The van der Waals surface area contributed by atoms with Crippen molar-refractivity contribution in [3.63, 3.8) is 0 Å². The van der Waals surface area contributed by atoms with Crippen LogP contribution >= 0.6 is 0 Å². The lowest BCUT2D eigenvalue weighted by molar-refractivity contribution is 0.529. The molecular formula is C6H17N. The Morgan fingerprint density at radius 3 is 1.29 bits per heavy atom. The van der Waals surface area contributed by atoms with E-state index in [-0.39, 0.29) is 7.43 Å². The first-order valence-corrected chi connectivity index (χ1v) is 2.40. The van der Waals surface area contributed by atoms with E-state index in [4.69, 9.17) is 5.73 Å². The molecule has 0 saturated heterocycles. The maximum Gasteiger partial charge on any atom is 0.00334 e. The Kier molecular flexibility index (Phi) is 5.93. The smallest absolute Gasteiger partial charge is 0.00334 e. The van der Waals surface area contributed by atoms with E-state index in [1.807, 2.05) is 6.92 Å². The summed E-state index contributed by atoms with van der Waals surface area (Å²) < 4.78 is 0. The van der Waals surface area contributed by atoms with Crippen molar-refractivity contribution in [2.24, 2.45) is 11.7 Å². The Balaban J connectivity index is 0. The first kappa shape index (κ1) is 10.0. The van der Waals surface area contributed by atoms with Gasteiger partial charge in [0.25, 0.3) is 0 Å². The minimum atomic E-state index is 0. The summed E-state index contributed by atoms with van der Waals surface area (Å²) in [5, 5.41) is 0. The number of hydrogen-bond donors (Lipinski definition) is 1. The van der Waals surface area contributed by atoms with Crippen molar-refractivity contribution in [2.75, 3.05) is 0 Å². The van der Waals surface area contributed by atoms with Gasteiger partial charge in [0.05, 0.1) is 0 Å². The molecule has 46 valence electrons. The van der Waals surface area contributed by atoms with Crippen molar-refractivity contribution in [1.82, 2.24) is 0 Å². The molecule has 0 aromatic heterocycles. The molecule has 0 aromatic rings. The van der Waals surface area contributed by atoms with Crippen LogP contribution in [0.25, 0.3) is 0 Å². The SMILES string of the molecule is C.CC(C)C(C)N. The number of hydrogen-bond acceptors (Lipinski definition) is 1. The van der Waals surface area contributed by atoms with Crippen LogP contribution in [-0.2, 0) is 0 Å². The molecule has 0 aliphatic heterocycles. The van der Waals surface area contributed by atoms with Crippen molar-refractivity contribution in [1.29, 1.82) is 0 Å². The second kappa shape index (κ2) is 4.13. The molecule has 1 atom stereocenters. The second-order valence-corrected chi connectivity index (χ2v) is 2.10. The molecule has 1 unspecified atom stereocenters. The van der Waals surface area contributed by atoms with Gasteiger partial charge in [0, 0.05) is 6.04 Å². The molecule has 2 N–H and O–H groups in total. The molecule has 1 nitrogen and oxygen atoms in total. The topological polar surface area (TPSA) is 26.0 Å². The Bertz CT molecular complexity index is 25.2. The van der Waals surface area contributed by atoms with Crippen molar-refractivity contribution >= 4 is 0 Å². The van der Waals surface area contributed by atoms with Gasteiger partial charge < -0.3 is 5.73 Å². The third-order valence-electron chi connectivity index (χ3n) is 1.05. The summed E-state index contributed by atoms with van der Waals surface area (Å²) >= 11 is 0. The van der Waals surface area contributed by atoms with Gasteiger partial charge in [0.2, 0.25) is 0 Å². The molecule has 0 heterocycles. The Morgan fingerprint density at radius 2 is 1.29 bits per heavy atom. The second-order valence-electron chi connectivity index (χ2n) is 2.10. The lowest BCUT2D eigenvalue weighted by atomic mass is 10.1. The lowest BCUT2D eigenvalue weighted by Crippen LogP contribution is -2.21. The summed E-state index contributed by atoms with van der Waals surface area (Å²) in [4.78, 5) is 0. The zero-order chi connectivity index (χ0) is 5.15. The standard InChI is InChI=1S/C5H13N.CH4/c1-4(2)5(3)6;/h4-5H,6H2,1-3H3;1H4. The molecule has 0 aliphatic carbocycles. The summed E-state index contributed by atoms with van der Waals surface area (Å²) in [6, 6.07) is 0.352. The van der Waals surface area contributed by atoms with E-state index in [1.54, 1.807) is 0 Å². The van der Waals surface area contributed by atoms with Crippen LogP contribution < -0.4 is 5.73 Å². The van der Waals surface area contributed by atoms with Gasteiger partial charge in [0.1, 0.15) is 0 Å². The largest absolute Gasteiger partial charge is 0.328 e. The van der Waals surface area contributed by atoms with Crippen molar-refractivity contribution in [3.8, 4) is 0 Å². The molecule has 7 heavy (non-hydrogen) atoms. The zero-order valence-electron chi connectivity index (χ0n) is 4.73. The van der Waals surface area contributed by atoms with E-state index in [9.17, 15) is 0 Å². The predicted molar refractivity (Wildman–Crippen MR) is 35.2 cm³/mol. The highest BCUT2D eigenvalue weighted by molar-refractivity contribution is 4.55. The van der Waals surface area contributed by atoms with Crippen LogP contribution in [0.4, 0.5) is 0 Å².